The largest absolute Gasteiger partial charge is 0.416 e. The first-order valence-corrected chi connectivity index (χ1v) is 7.22. The van der Waals surface area contributed by atoms with Crippen LogP contribution in [0.1, 0.15) is 41.6 Å². The van der Waals surface area contributed by atoms with Gasteiger partial charge in [-0.05, 0) is 43.6 Å². The molecule has 1 aromatic carbocycles. The van der Waals surface area contributed by atoms with E-state index >= 15 is 0 Å². The zero-order valence-electron chi connectivity index (χ0n) is 11.9. The van der Waals surface area contributed by atoms with Gasteiger partial charge >= 0.3 is 6.18 Å². The van der Waals surface area contributed by atoms with Gasteiger partial charge in [0, 0.05) is 5.92 Å². The molecule has 1 fully saturated rings. The summed E-state index contributed by atoms with van der Waals surface area (Å²) in [4.78, 5) is 4.37. The molecular formula is C15H16F3N3O. The second-order valence-corrected chi connectivity index (χ2v) is 5.44. The Balaban J connectivity index is 1.67. The Morgan fingerprint density at radius 1 is 1.14 bits per heavy atom. The number of nitrogens with zero attached hydrogens (tertiary/aromatic N) is 2. The van der Waals surface area contributed by atoms with Crippen LogP contribution < -0.4 is 5.32 Å². The van der Waals surface area contributed by atoms with Crippen LogP contribution in [0.3, 0.4) is 0 Å². The van der Waals surface area contributed by atoms with E-state index in [1.807, 2.05) is 0 Å². The summed E-state index contributed by atoms with van der Waals surface area (Å²) in [6.45, 7) is 1.88. The van der Waals surface area contributed by atoms with Crippen molar-refractivity contribution in [1.82, 2.24) is 15.5 Å². The van der Waals surface area contributed by atoms with Gasteiger partial charge in [0.2, 0.25) is 5.89 Å². The summed E-state index contributed by atoms with van der Waals surface area (Å²) in [6, 6.07) is 5.02. The van der Waals surface area contributed by atoms with E-state index in [1.54, 1.807) is 0 Å². The normalized spacial score (nSPS) is 16.9. The van der Waals surface area contributed by atoms with E-state index in [2.05, 4.69) is 15.5 Å². The monoisotopic (exact) mass is 311 g/mol. The number of hydrogen-bond acceptors (Lipinski definition) is 4. The Bertz CT molecular complexity index is 616. The number of rotatable bonds is 3. The van der Waals surface area contributed by atoms with Gasteiger partial charge in [-0.2, -0.15) is 18.2 Å². The Kier molecular flexibility index (Phi) is 4.15. The van der Waals surface area contributed by atoms with Gasteiger partial charge in [0.1, 0.15) is 0 Å². The Hall–Kier alpha value is -1.89. The van der Waals surface area contributed by atoms with Gasteiger partial charge in [-0.25, -0.2) is 0 Å². The zero-order valence-corrected chi connectivity index (χ0v) is 11.9. The molecule has 2 heterocycles. The third-order valence-electron chi connectivity index (χ3n) is 3.82. The fourth-order valence-electron chi connectivity index (χ4n) is 2.57. The van der Waals surface area contributed by atoms with Crippen LogP contribution in [-0.2, 0) is 12.6 Å². The molecule has 1 aliphatic heterocycles. The van der Waals surface area contributed by atoms with Crippen LogP contribution in [0, 0.1) is 0 Å². The molecule has 0 amide bonds. The summed E-state index contributed by atoms with van der Waals surface area (Å²) in [5.41, 5.74) is 0.0608. The summed E-state index contributed by atoms with van der Waals surface area (Å²) in [6.07, 6.45) is -2.03. The molecule has 0 spiro atoms. The van der Waals surface area contributed by atoms with E-state index in [0.717, 1.165) is 38.1 Å². The number of alkyl halides is 3. The van der Waals surface area contributed by atoms with Gasteiger partial charge in [-0.1, -0.05) is 17.3 Å². The van der Waals surface area contributed by atoms with Crippen molar-refractivity contribution >= 4 is 0 Å². The fraction of sp³-hybridized carbons (Fsp3) is 0.467. The first kappa shape index (κ1) is 15.0. The van der Waals surface area contributed by atoms with Crippen molar-refractivity contribution in [3.8, 4) is 0 Å². The summed E-state index contributed by atoms with van der Waals surface area (Å²) in [5.74, 6) is 1.43. The average Bonchev–Trinajstić information content (AvgIpc) is 2.96. The molecule has 0 bridgehead atoms. The smallest absolute Gasteiger partial charge is 0.339 e. The van der Waals surface area contributed by atoms with Crippen LogP contribution in [0.4, 0.5) is 13.2 Å². The molecule has 4 nitrogen and oxygen atoms in total. The second kappa shape index (κ2) is 6.08. The van der Waals surface area contributed by atoms with E-state index in [-0.39, 0.29) is 0 Å². The summed E-state index contributed by atoms with van der Waals surface area (Å²) in [7, 11) is 0. The highest BCUT2D eigenvalue weighted by Crippen LogP contribution is 2.29. The Labute approximate surface area is 125 Å². The predicted octanol–water partition coefficient (Wildman–Crippen LogP) is 3.15. The number of piperidine rings is 1. The van der Waals surface area contributed by atoms with Crippen molar-refractivity contribution < 1.29 is 17.7 Å². The van der Waals surface area contributed by atoms with Crippen molar-refractivity contribution in [3.63, 3.8) is 0 Å². The molecule has 0 radical (unpaired) electrons. The predicted molar refractivity (Wildman–Crippen MR) is 73.4 cm³/mol. The highest BCUT2D eigenvalue weighted by atomic mass is 19.4. The minimum atomic E-state index is -4.31. The molecule has 1 N–H and O–H groups in total. The van der Waals surface area contributed by atoms with Gasteiger partial charge in [0.25, 0.3) is 0 Å². The van der Waals surface area contributed by atoms with Crippen molar-refractivity contribution in [1.29, 1.82) is 0 Å². The van der Waals surface area contributed by atoms with E-state index in [1.165, 1.54) is 12.1 Å². The lowest BCUT2D eigenvalue weighted by Gasteiger charge is -2.18. The van der Waals surface area contributed by atoms with Crippen LogP contribution in [0.2, 0.25) is 0 Å². The van der Waals surface area contributed by atoms with Crippen molar-refractivity contribution in [2.24, 2.45) is 0 Å². The molecule has 0 unspecified atom stereocenters. The highest BCUT2D eigenvalue weighted by Gasteiger charge is 2.30. The number of benzene rings is 1. The molecule has 0 atom stereocenters. The van der Waals surface area contributed by atoms with Crippen LogP contribution in [0.15, 0.2) is 28.8 Å². The minimum Gasteiger partial charge on any atom is -0.339 e. The lowest BCUT2D eigenvalue weighted by atomic mass is 9.98. The molecule has 118 valence electrons. The standard InChI is InChI=1S/C15H16F3N3O/c16-15(17,18)12-3-1-10(2-4-12)9-13-20-14(21-22-13)11-5-7-19-8-6-11/h1-4,11,19H,5-9H2. The van der Waals surface area contributed by atoms with Crippen LogP contribution >= 0.6 is 0 Å². The number of aromatic nitrogens is 2. The fourth-order valence-corrected chi connectivity index (χ4v) is 2.57. The number of nitrogens with one attached hydrogen (secondary N) is 1. The highest BCUT2D eigenvalue weighted by molar-refractivity contribution is 5.26. The van der Waals surface area contributed by atoms with Gasteiger partial charge in [-0.15, -0.1) is 0 Å². The van der Waals surface area contributed by atoms with E-state index in [0.29, 0.717) is 29.6 Å². The van der Waals surface area contributed by atoms with E-state index < -0.39 is 11.7 Å². The van der Waals surface area contributed by atoms with Crippen LogP contribution in [0.25, 0.3) is 0 Å². The maximum atomic E-state index is 12.5. The lowest BCUT2D eigenvalue weighted by molar-refractivity contribution is -0.137. The molecule has 1 saturated heterocycles. The number of hydrogen-bond donors (Lipinski definition) is 1. The summed E-state index contributed by atoms with van der Waals surface area (Å²) in [5, 5.41) is 7.27. The average molecular weight is 311 g/mol. The maximum absolute atomic E-state index is 12.5. The molecule has 0 aliphatic carbocycles. The first-order valence-electron chi connectivity index (χ1n) is 7.22. The van der Waals surface area contributed by atoms with Crippen LogP contribution in [-0.4, -0.2) is 23.2 Å². The summed E-state index contributed by atoms with van der Waals surface area (Å²) >= 11 is 0. The molecule has 1 aromatic heterocycles. The molecule has 7 heteroatoms. The van der Waals surface area contributed by atoms with Crippen molar-refractivity contribution in [2.45, 2.75) is 31.4 Å². The van der Waals surface area contributed by atoms with Crippen LogP contribution in [0.5, 0.6) is 0 Å². The molecule has 22 heavy (non-hydrogen) atoms. The Morgan fingerprint density at radius 3 is 2.45 bits per heavy atom. The zero-order chi connectivity index (χ0) is 15.6. The van der Waals surface area contributed by atoms with Gasteiger partial charge in [0.05, 0.1) is 12.0 Å². The second-order valence-electron chi connectivity index (χ2n) is 5.44. The number of halogens is 3. The Morgan fingerprint density at radius 2 is 1.82 bits per heavy atom. The van der Waals surface area contributed by atoms with E-state index in [4.69, 9.17) is 4.52 Å². The van der Waals surface area contributed by atoms with E-state index in [9.17, 15) is 13.2 Å². The quantitative estimate of drug-likeness (QED) is 0.946. The molecule has 1 aliphatic rings. The molecule has 3 rings (SSSR count). The van der Waals surface area contributed by atoms with Crippen molar-refractivity contribution in [2.75, 3.05) is 13.1 Å². The van der Waals surface area contributed by atoms with Gasteiger partial charge in [0.15, 0.2) is 5.82 Å². The summed E-state index contributed by atoms with van der Waals surface area (Å²) < 4.78 is 42.7. The molecule has 0 saturated carbocycles. The topological polar surface area (TPSA) is 51.0 Å². The lowest BCUT2D eigenvalue weighted by Crippen LogP contribution is -2.27. The van der Waals surface area contributed by atoms with Gasteiger partial charge < -0.3 is 9.84 Å². The minimum absolute atomic E-state index is 0.298. The molecule has 2 aromatic rings. The first-order chi connectivity index (χ1) is 10.5. The third-order valence-corrected chi connectivity index (χ3v) is 3.82. The van der Waals surface area contributed by atoms with Crippen molar-refractivity contribution in [3.05, 3.63) is 47.1 Å². The molecular weight excluding hydrogens is 295 g/mol. The van der Waals surface area contributed by atoms with Gasteiger partial charge in [-0.3, -0.25) is 0 Å². The third kappa shape index (κ3) is 3.47. The maximum Gasteiger partial charge on any atom is 0.416 e. The SMILES string of the molecule is FC(F)(F)c1ccc(Cc2nc(C3CCNCC3)no2)cc1.